The third-order valence-corrected chi connectivity index (χ3v) is 1.44. The van der Waals surface area contributed by atoms with Gasteiger partial charge in [-0.15, -0.1) is 0 Å². The van der Waals surface area contributed by atoms with Gasteiger partial charge in [0.2, 0.25) is 0 Å². The van der Waals surface area contributed by atoms with Gasteiger partial charge in [-0.05, 0) is 0 Å². The lowest BCUT2D eigenvalue weighted by Gasteiger charge is -1.99. The minimum atomic E-state index is -1.45. The fraction of sp³-hybridized carbons (Fsp3) is 0.0909. The van der Waals surface area contributed by atoms with E-state index in [-0.39, 0.29) is 0 Å². The Morgan fingerprint density at radius 1 is 0.667 bits per heavy atom. The predicted molar refractivity (Wildman–Crippen MR) is 60.4 cm³/mol. The Morgan fingerprint density at radius 3 is 1.29 bits per heavy atom. The normalized spacial score (nSPS) is 10.3. The van der Waals surface area contributed by atoms with Crippen molar-refractivity contribution in [2.75, 3.05) is 0 Å². The average molecular weight is 300 g/mol. The summed E-state index contributed by atoms with van der Waals surface area (Å²) < 4.78 is 8.00. The van der Waals surface area contributed by atoms with Gasteiger partial charge in [-0.25, -0.2) is 19.2 Å². The fourth-order valence-electron chi connectivity index (χ4n) is 0.761. The molecule has 0 spiro atoms. The van der Waals surface area contributed by atoms with Crippen molar-refractivity contribution in [2.24, 2.45) is 0 Å². The zero-order valence-corrected chi connectivity index (χ0v) is 10.2. The van der Waals surface area contributed by atoms with Gasteiger partial charge in [0, 0.05) is 24.3 Å². The Bertz CT molecular complexity index is 491. The summed E-state index contributed by atoms with van der Waals surface area (Å²) in [5.41, 5.74) is 0. The van der Waals surface area contributed by atoms with E-state index < -0.39 is 42.2 Å². The molecule has 0 aromatic rings. The highest BCUT2D eigenvalue weighted by Crippen LogP contribution is 1.94. The van der Waals surface area contributed by atoms with Crippen molar-refractivity contribution in [2.45, 2.75) is 6.42 Å². The van der Waals surface area contributed by atoms with Crippen molar-refractivity contribution >= 4 is 35.8 Å². The van der Waals surface area contributed by atoms with Crippen molar-refractivity contribution in [3.05, 3.63) is 24.3 Å². The number of carboxylic acid groups (broad SMARTS) is 2. The molecule has 0 aromatic heterocycles. The van der Waals surface area contributed by atoms with Crippen LogP contribution in [-0.4, -0.2) is 46.0 Å². The molecule has 0 saturated heterocycles. The maximum absolute atomic E-state index is 11.0. The first-order valence-corrected chi connectivity index (χ1v) is 5.02. The highest BCUT2D eigenvalue weighted by Gasteiger charge is 2.17. The SMILES string of the molecule is O=C(O)C=CC(=O)OC(=O)CC(=O)OC(=O)C=CC(=O)O. The monoisotopic (exact) mass is 300 g/mol. The molecule has 2 N–H and O–H groups in total. The van der Waals surface area contributed by atoms with Crippen LogP contribution in [-0.2, 0) is 38.2 Å². The highest BCUT2D eigenvalue weighted by molar-refractivity contribution is 6.03. The number of carbonyl (C=O) groups excluding carboxylic acids is 4. The smallest absolute Gasteiger partial charge is 0.338 e. The van der Waals surface area contributed by atoms with E-state index in [1.165, 1.54) is 0 Å². The van der Waals surface area contributed by atoms with Crippen LogP contribution in [0.1, 0.15) is 6.42 Å². The Labute approximate surface area is 116 Å². The second-order valence-corrected chi connectivity index (χ2v) is 3.11. The second kappa shape index (κ2) is 8.74. The number of aliphatic carboxylic acids is 2. The van der Waals surface area contributed by atoms with Crippen molar-refractivity contribution in [3.8, 4) is 0 Å². The van der Waals surface area contributed by atoms with Crippen LogP contribution in [0.5, 0.6) is 0 Å². The minimum absolute atomic E-state index is 0.411. The molecule has 0 rings (SSSR count). The number of rotatable bonds is 6. The molecule has 10 nitrogen and oxygen atoms in total. The molecule has 0 saturated carbocycles. The Morgan fingerprint density at radius 2 is 1.00 bits per heavy atom. The van der Waals surface area contributed by atoms with Crippen molar-refractivity contribution in [1.29, 1.82) is 0 Å². The molecule has 112 valence electrons. The summed E-state index contributed by atoms with van der Waals surface area (Å²) in [7, 11) is 0. The molecule has 0 unspecified atom stereocenters. The van der Waals surface area contributed by atoms with Crippen LogP contribution < -0.4 is 0 Å². The number of ether oxygens (including phenoxy) is 2. The quantitative estimate of drug-likeness (QED) is 0.346. The summed E-state index contributed by atoms with van der Waals surface area (Å²) in [6.45, 7) is 0. The topological polar surface area (TPSA) is 161 Å². The lowest BCUT2D eigenvalue weighted by atomic mass is 10.4. The number of esters is 4. The number of carboxylic acids is 2. The van der Waals surface area contributed by atoms with Crippen molar-refractivity contribution in [1.82, 2.24) is 0 Å². The summed E-state index contributed by atoms with van der Waals surface area (Å²) in [6.07, 6.45) is 0.597. The first-order chi connectivity index (χ1) is 9.70. The number of hydrogen-bond acceptors (Lipinski definition) is 8. The van der Waals surface area contributed by atoms with E-state index in [2.05, 4.69) is 9.47 Å². The van der Waals surface area contributed by atoms with Gasteiger partial charge in [-0.3, -0.25) is 9.59 Å². The van der Waals surface area contributed by atoms with Gasteiger partial charge >= 0.3 is 35.8 Å². The lowest BCUT2D eigenvalue weighted by molar-refractivity contribution is -0.163. The van der Waals surface area contributed by atoms with Crippen molar-refractivity contribution < 1.29 is 48.5 Å². The maximum Gasteiger partial charge on any atom is 0.338 e. The molecule has 0 radical (unpaired) electrons. The molecule has 10 heteroatoms. The van der Waals surface area contributed by atoms with Crippen LogP contribution in [0.25, 0.3) is 0 Å². The third kappa shape index (κ3) is 10.3. The van der Waals surface area contributed by atoms with Crippen LogP contribution in [0.15, 0.2) is 24.3 Å². The van der Waals surface area contributed by atoms with Crippen LogP contribution in [0.4, 0.5) is 0 Å². The summed E-state index contributed by atoms with van der Waals surface area (Å²) in [5, 5.41) is 16.4. The molecule has 0 amide bonds. The molecule has 21 heavy (non-hydrogen) atoms. The third-order valence-electron chi connectivity index (χ3n) is 1.44. The van der Waals surface area contributed by atoms with Gasteiger partial charge in [-0.1, -0.05) is 0 Å². The molecule has 0 fully saturated rings. The minimum Gasteiger partial charge on any atom is -0.478 e. The zero-order valence-electron chi connectivity index (χ0n) is 10.2. The van der Waals surface area contributed by atoms with E-state index in [1.807, 2.05) is 0 Å². The largest absolute Gasteiger partial charge is 0.478 e. The van der Waals surface area contributed by atoms with E-state index >= 15 is 0 Å². The summed E-state index contributed by atoms with van der Waals surface area (Å²) in [4.78, 5) is 63.8. The number of carbonyl (C=O) groups is 6. The fourth-order valence-corrected chi connectivity index (χ4v) is 0.761. The van der Waals surface area contributed by atoms with Gasteiger partial charge in [0.05, 0.1) is 0 Å². The Hall–Kier alpha value is -3.30. The van der Waals surface area contributed by atoms with E-state index in [9.17, 15) is 28.8 Å². The molecule has 0 heterocycles. The highest BCUT2D eigenvalue weighted by atomic mass is 16.6. The van der Waals surface area contributed by atoms with Crippen LogP contribution in [0.3, 0.4) is 0 Å². The van der Waals surface area contributed by atoms with Crippen molar-refractivity contribution in [3.63, 3.8) is 0 Å². The van der Waals surface area contributed by atoms with Gasteiger partial charge in [0.15, 0.2) is 0 Å². The summed E-state index contributed by atoms with van der Waals surface area (Å²) >= 11 is 0. The Kier molecular flexibility index (Phi) is 7.37. The molecule has 0 aliphatic carbocycles. The van der Waals surface area contributed by atoms with E-state index in [0.29, 0.717) is 24.3 Å². The summed E-state index contributed by atoms with van der Waals surface area (Å²) in [5.74, 6) is -8.31. The van der Waals surface area contributed by atoms with Gasteiger partial charge in [-0.2, -0.15) is 0 Å². The van der Waals surface area contributed by atoms with Crippen LogP contribution >= 0.6 is 0 Å². The molecular formula is C11H8O10. The van der Waals surface area contributed by atoms with E-state index in [0.717, 1.165) is 0 Å². The second-order valence-electron chi connectivity index (χ2n) is 3.11. The molecule has 0 aromatic carbocycles. The Balaban J connectivity index is 4.24. The first kappa shape index (κ1) is 17.7. The molecule has 0 atom stereocenters. The maximum atomic E-state index is 11.0. The zero-order chi connectivity index (χ0) is 16.4. The molecular weight excluding hydrogens is 292 g/mol. The standard InChI is InChI=1S/C11H8O10/c12-6(13)1-3-8(16)20-10(18)5-11(19)21-9(17)4-2-7(14)15/h1-4H,5H2,(H,12,13)(H,14,15). The van der Waals surface area contributed by atoms with Crippen LogP contribution in [0, 0.1) is 0 Å². The van der Waals surface area contributed by atoms with Gasteiger partial charge in [0.1, 0.15) is 6.42 Å². The molecule has 0 aliphatic heterocycles. The van der Waals surface area contributed by atoms with E-state index in [1.54, 1.807) is 0 Å². The van der Waals surface area contributed by atoms with Gasteiger partial charge in [0.25, 0.3) is 0 Å². The lowest BCUT2D eigenvalue weighted by Crippen LogP contribution is -2.18. The average Bonchev–Trinajstić information content (AvgIpc) is 2.33. The summed E-state index contributed by atoms with van der Waals surface area (Å²) in [6, 6.07) is 0. The predicted octanol–water partition coefficient (Wildman–Crippen LogP) is -1.20. The molecule has 0 aliphatic rings. The van der Waals surface area contributed by atoms with Gasteiger partial charge < -0.3 is 19.7 Å². The van der Waals surface area contributed by atoms with Crippen LogP contribution in [0.2, 0.25) is 0 Å². The first-order valence-electron chi connectivity index (χ1n) is 5.02. The molecule has 0 bridgehead atoms. The number of hydrogen-bond donors (Lipinski definition) is 2. The van der Waals surface area contributed by atoms with E-state index in [4.69, 9.17) is 10.2 Å².